The van der Waals surface area contributed by atoms with Gasteiger partial charge in [0.25, 0.3) is 0 Å². The van der Waals surface area contributed by atoms with Crippen molar-refractivity contribution in [2.24, 2.45) is 5.92 Å². The normalized spacial score (nSPS) is 23.9. The standard InChI is InChI=1S/C24H27NO5S/c1-24(30-23(29)16-6-2-3-7-16)21(27)13-18-12-20(17-8-11-31-15-17)25(9-4-5-10-26)14-19(18)22(24)28/h8,11-16,26H,2-7,9-10H2,1H3. The van der Waals surface area contributed by atoms with Crippen molar-refractivity contribution in [3.8, 4) is 0 Å². The van der Waals surface area contributed by atoms with Crippen molar-refractivity contribution in [3.63, 3.8) is 0 Å². The Labute approximate surface area is 185 Å². The molecule has 6 nitrogen and oxygen atoms in total. The summed E-state index contributed by atoms with van der Waals surface area (Å²) in [5.74, 6) is -1.66. The lowest BCUT2D eigenvalue weighted by Crippen LogP contribution is -2.51. The molecule has 0 saturated heterocycles. The van der Waals surface area contributed by atoms with Crippen molar-refractivity contribution >= 4 is 34.6 Å². The van der Waals surface area contributed by atoms with Crippen molar-refractivity contribution in [2.75, 3.05) is 13.2 Å². The summed E-state index contributed by atoms with van der Waals surface area (Å²) in [6, 6.07) is 1.99. The fourth-order valence-corrected chi connectivity index (χ4v) is 5.00. The third-order valence-electron chi connectivity index (χ3n) is 6.25. The van der Waals surface area contributed by atoms with Crippen LogP contribution in [0, 0.1) is 5.92 Å². The van der Waals surface area contributed by atoms with Crippen LogP contribution in [0.5, 0.6) is 0 Å². The Morgan fingerprint density at radius 2 is 2.03 bits per heavy atom. The van der Waals surface area contributed by atoms with E-state index in [1.807, 2.05) is 27.8 Å². The Bertz CT molecular complexity index is 968. The van der Waals surface area contributed by atoms with Gasteiger partial charge in [-0.25, -0.2) is 0 Å². The number of ketones is 2. The van der Waals surface area contributed by atoms with Gasteiger partial charge >= 0.3 is 5.97 Å². The van der Waals surface area contributed by atoms with Crippen molar-refractivity contribution in [1.29, 1.82) is 0 Å². The number of allylic oxidation sites excluding steroid dienone is 2. The highest BCUT2D eigenvalue weighted by Gasteiger charge is 2.50. The molecule has 1 N–H and O–H groups in total. The van der Waals surface area contributed by atoms with Gasteiger partial charge in [-0.1, -0.05) is 12.8 Å². The number of esters is 1. The topological polar surface area (TPSA) is 83.9 Å². The van der Waals surface area contributed by atoms with E-state index in [1.54, 1.807) is 17.5 Å². The van der Waals surface area contributed by atoms with Crippen LogP contribution in [-0.2, 0) is 19.1 Å². The van der Waals surface area contributed by atoms with Gasteiger partial charge in [0.1, 0.15) is 0 Å². The summed E-state index contributed by atoms with van der Waals surface area (Å²) in [5.41, 5.74) is 1.01. The van der Waals surface area contributed by atoms with E-state index in [9.17, 15) is 14.4 Å². The van der Waals surface area contributed by atoms with Gasteiger partial charge in [-0.15, -0.1) is 0 Å². The number of carbonyl (C=O) groups is 3. The van der Waals surface area contributed by atoms with E-state index in [0.29, 0.717) is 24.1 Å². The van der Waals surface area contributed by atoms with E-state index in [-0.39, 0.29) is 12.5 Å². The van der Waals surface area contributed by atoms with E-state index in [4.69, 9.17) is 9.84 Å². The summed E-state index contributed by atoms with van der Waals surface area (Å²) in [7, 11) is 0. The van der Waals surface area contributed by atoms with E-state index >= 15 is 0 Å². The van der Waals surface area contributed by atoms with Crippen LogP contribution in [0.2, 0.25) is 0 Å². The largest absolute Gasteiger partial charge is 0.442 e. The molecule has 4 rings (SSSR count). The van der Waals surface area contributed by atoms with Crippen molar-refractivity contribution in [3.05, 3.63) is 51.9 Å². The van der Waals surface area contributed by atoms with Gasteiger partial charge in [0.2, 0.25) is 17.2 Å². The van der Waals surface area contributed by atoms with Crippen LogP contribution in [0.1, 0.15) is 51.0 Å². The molecule has 1 aromatic rings. The Balaban J connectivity index is 1.65. The number of aliphatic hydroxyl groups is 1. The minimum absolute atomic E-state index is 0.107. The monoisotopic (exact) mass is 441 g/mol. The molecule has 7 heteroatoms. The van der Waals surface area contributed by atoms with Crippen LogP contribution in [0.25, 0.3) is 5.70 Å². The summed E-state index contributed by atoms with van der Waals surface area (Å²) < 4.78 is 5.58. The summed E-state index contributed by atoms with van der Waals surface area (Å²) >= 11 is 1.57. The van der Waals surface area contributed by atoms with Crippen molar-refractivity contribution < 1.29 is 24.2 Å². The van der Waals surface area contributed by atoms with Crippen LogP contribution >= 0.6 is 11.3 Å². The number of fused-ring (bicyclic) bond motifs is 1. The SMILES string of the molecule is CC1(OC(=O)C2CCCC2)C(=O)C=C2C=C(c3ccsc3)N(CCCCO)C=C2C1=O. The van der Waals surface area contributed by atoms with Crippen molar-refractivity contribution in [1.82, 2.24) is 4.90 Å². The minimum atomic E-state index is -1.82. The lowest BCUT2D eigenvalue weighted by molar-refractivity contribution is -0.172. The predicted octanol–water partition coefficient (Wildman–Crippen LogP) is 3.63. The molecule has 1 aromatic heterocycles. The molecule has 0 amide bonds. The molecular formula is C24H27NO5S. The first-order valence-corrected chi connectivity index (χ1v) is 11.8. The molecule has 1 aliphatic heterocycles. The lowest BCUT2D eigenvalue weighted by Gasteiger charge is -2.35. The maximum atomic E-state index is 13.4. The molecule has 1 saturated carbocycles. The Morgan fingerprint density at radius 3 is 2.71 bits per heavy atom. The van der Waals surface area contributed by atoms with Crippen LogP contribution in [0.4, 0.5) is 0 Å². The predicted molar refractivity (Wildman–Crippen MR) is 118 cm³/mol. The second-order valence-corrected chi connectivity index (χ2v) is 9.22. The average molecular weight is 442 g/mol. The summed E-state index contributed by atoms with van der Waals surface area (Å²) in [4.78, 5) is 40.9. The van der Waals surface area contributed by atoms with Gasteiger partial charge in [0.15, 0.2) is 0 Å². The second kappa shape index (κ2) is 8.93. The van der Waals surface area contributed by atoms with E-state index in [1.165, 1.54) is 13.0 Å². The fourth-order valence-electron chi connectivity index (χ4n) is 4.35. The molecule has 0 bridgehead atoms. The zero-order valence-electron chi connectivity index (χ0n) is 17.6. The highest BCUT2D eigenvalue weighted by molar-refractivity contribution is 7.08. The third-order valence-corrected chi connectivity index (χ3v) is 6.93. The number of rotatable bonds is 7. The Kier molecular flexibility index (Phi) is 6.25. The molecule has 31 heavy (non-hydrogen) atoms. The smallest absolute Gasteiger partial charge is 0.310 e. The van der Waals surface area contributed by atoms with Gasteiger partial charge in [-0.2, -0.15) is 11.3 Å². The number of hydrogen-bond donors (Lipinski definition) is 1. The van der Waals surface area contributed by atoms with Crippen LogP contribution < -0.4 is 0 Å². The molecule has 1 unspecified atom stereocenters. The second-order valence-electron chi connectivity index (χ2n) is 8.44. The zero-order valence-corrected chi connectivity index (χ0v) is 18.5. The zero-order chi connectivity index (χ0) is 22.0. The number of unbranched alkanes of at least 4 members (excludes halogenated alkanes) is 1. The van der Waals surface area contributed by atoms with E-state index < -0.39 is 23.1 Å². The number of ether oxygens (including phenoxy) is 1. The Morgan fingerprint density at radius 1 is 1.26 bits per heavy atom. The first-order chi connectivity index (χ1) is 14.9. The molecular weight excluding hydrogens is 414 g/mol. The van der Waals surface area contributed by atoms with E-state index in [0.717, 1.165) is 43.4 Å². The number of Topliss-reactive ketones (excluding diaryl/α,β-unsaturated/α-hetero) is 1. The van der Waals surface area contributed by atoms with Crippen molar-refractivity contribution in [2.45, 2.75) is 51.0 Å². The molecule has 164 valence electrons. The summed E-state index contributed by atoms with van der Waals surface area (Å²) in [6.07, 6.45) is 9.85. The maximum absolute atomic E-state index is 13.4. The highest BCUT2D eigenvalue weighted by Crippen LogP contribution is 2.38. The molecule has 0 radical (unpaired) electrons. The number of nitrogens with zero attached hydrogens (tertiary/aromatic N) is 1. The number of hydrogen-bond acceptors (Lipinski definition) is 7. The van der Waals surface area contributed by atoms with E-state index in [2.05, 4.69) is 0 Å². The number of carbonyl (C=O) groups excluding carboxylic acids is 3. The maximum Gasteiger partial charge on any atom is 0.310 e. The lowest BCUT2D eigenvalue weighted by atomic mass is 9.79. The van der Waals surface area contributed by atoms with Gasteiger partial charge in [-0.05, 0) is 61.8 Å². The first-order valence-electron chi connectivity index (χ1n) is 10.8. The molecule has 0 aromatic carbocycles. The quantitative estimate of drug-likeness (QED) is 0.395. The van der Waals surface area contributed by atoms with Crippen LogP contribution in [0.15, 0.2) is 46.3 Å². The highest BCUT2D eigenvalue weighted by atomic mass is 32.1. The van der Waals surface area contributed by atoms with Crippen LogP contribution in [-0.4, -0.2) is 46.3 Å². The van der Waals surface area contributed by atoms with Gasteiger partial charge in [-0.3, -0.25) is 14.4 Å². The molecule has 0 spiro atoms. The third kappa shape index (κ3) is 4.16. The molecule has 2 heterocycles. The van der Waals surface area contributed by atoms with Gasteiger partial charge < -0.3 is 14.7 Å². The average Bonchev–Trinajstić information content (AvgIpc) is 3.47. The molecule has 2 aliphatic carbocycles. The van der Waals surface area contributed by atoms with Crippen LogP contribution in [0.3, 0.4) is 0 Å². The molecule has 1 atom stereocenters. The van der Waals surface area contributed by atoms with Gasteiger partial charge in [0.05, 0.1) is 5.92 Å². The first kappa shape index (κ1) is 21.7. The summed E-state index contributed by atoms with van der Waals surface area (Å²) in [6.45, 7) is 2.14. The number of thiophene rings is 1. The summed E-state index contributed by atoms with van der Waals surface area (Å²) in [5, 5.41) is 13.1. The molecule has 3 aliphatic rings. The fraction of sp³-hybridized carbons (Fsp3) is 0.458. The number of aliphatic hydroxyl groups excluding tert-OH is 1. The van der Waals surface area contributed by atoms with Gasteiger partial charge in [0, 0.05) is 41.6 Å². The molecule has 1 fully saturated rings. The minimum Gasteiger partial charge on any atom is -0.442 e. The Hall–Kier alpha value is -2.51.